The van der Waals surface area contributed by atoms with Crippen molar-refractivity contribution in [3.8, 4) is 5.88 Å². The minimum atomic E-state index is 0.0218. The molecule has 4 aromatic rings. The van der Waals surface area contributed by atoms with Crippen LogP contribution in [0.1, 0.15) is 11.1 Å². The number of H-pyrrole nitrogens is 2. The molecule has 2 heterocycles. The molecule has 0 aliphatic heterocycles. The lowest BCUT2D eigenvalue weighted by Crippen LogP contribution is -2.00. The zero-order valence-electron chi connectivity index (χ0n) is 11.0. The maximum Gasteiger partial charge on any atom is 0.199 e. The molecular formula is C16H12N4O. The van der Waals surface area contributed by atoms with Crippen molar-refractivity contribution in [2.75, 3.05) is 0 Å². The Balaban J connectivity index is 1.91. The van der Waals surface area contributed by atoms with Crippen molar-refractivity contribution in [3.63, 3.8) is 0 Å². The minimum Gasteiger partial charge on any atom is -0.494 e. The molecule has 4 N–H and O–H groups in total. The topological polar surface area (TPSA) is 88.6 Å². The van der Waals surface area contributed by atoms with Gasteiger partial charge in [0.15, 0.2) is 5.88 Å². The van der Waals surface area contributed by atoms with E-state index in [9.17, 15) is 5.11 Å². The fraction of sp³-hybridized carbons (Fsp3) is 0. The normalized spacial score (nSPS) is 11.2. The average molecular weight is 276 g/mol. The molecule has 0 aliphatic rings. The van der Waals surface area contributed by atoms with E-state index in [-0.39, 0.29) is 11.6 Å². The summed E-state index contributed by atoms with van der Waals surface area (Å²) in [4.78, 5) is 2.91. The van der Waals surface area contributed by atoms with Crippen molar-refractivity contribution < 1.29 is 5.11 Å². The number of aromatic nitrogens is 3. The molecule has 0 saturated heterocycles. The highest BCUT2D eigenvalue weighted by Gasteiger charge is 2.16. The van der Waals surface area contributed by atoms with Gasteiger partial charge in [-0.25, -0.2) is 0 Å². The van der Waals surface area contributed by atoms with Gasteiger partial charge in [0.05, 0.1) is 23.0 Å². The molecule has 102 valence electrons. The van der Waals surface area contributed by atoms with E-state index in [2.05, 4.69) is 15.2 Å². The molecule has 4 rings (SSSR count). The van der Waals surface area contributed by atoms with Crippen LogP contribution < -0.4 is 0 Å². The van der Waals surface area contributed by atoms with Gasteiger partial charge in [-0.2, -0.15) is 5.10 Å². The second-order valence-electron chi connectivity index (χ2n) is 4.94. The Morgan fingerprint density at radius 1 is 1.10 bits per heavy atom. The van der Waals surface area contributed by atoms with Crippen LogP contribution in [0.3, 0.4) is 0 Å². The van der Waals surface area contributed by atoms with Crippen LogP contribution in [0.2, 0.25) is 0 Å². The van der Waals surface area contributed by atoms with E-state index < -0.39 is 0 Å². The maximum atomic E-state index is 10.1. The number of rotatable bonds is 2. The number of para-hydroxylation sites is 1. The zero-order valence-corrected chi connectivity index (χ0v) is 11.0. The summed E-state index contributed by atoms with van der Waals surface area (Å²) < 4.78 is 0. The molecule has 0 aliphatic carbocycles. The highest BCUT2D eigenvalue weighted by Crippen LogP contribution is 2.29. The maximum absolute atomic E-state index is 10.1. The van der Waals surface area contributed by atoms with Gasteiger partial charge in [-0.3, -0.25) is 10.5 Å². The number of aromatic amines is 2. The van der Waals surface area contributed by atoms with E-state index in [1.807, 2.05) is 42.5 Å². The molecule has 2 aromatic carbocycles. The molecule has 0 atom stereocenters. The monoisotopic (exact) mass is 276 g/mol. The van der Waals surface area contributed by atoms with Crippen LogP contribution in [0.25, 0.3) is 21.8 Å². The molecule has 0 bridgehead atoms. The summed E-state index contributed by atoms with van der Waals surface area (Å²) in [5, 5.41) is 27.2. The van der Waals surface area contributed by atoms with Crippen molar-refractivity contribution in [3.05, 3.63) is 59.8 Å². The average Bonchev–Trinajstić information content (AvgIpc) is 3.08. The molecule has 0 spiro atoms. The first-order valence-corrected chi connectivity index (χ1v) is 6.56. The third kappa shape index (κ3) is 1.71. The summed E-state index contributed by atoms with van der Waals surface area (Å²) in [6.45, 7) is 0. The number of nitrogens with zero attached hydrogens (tertiary/aromatic N) is 1. The molecule has 5 nitrogen and oxygen atoms in total. The number of benzene rings is 2. The van der Waals surface area contributed by atoms with E-state index in [0.29, 0.717) is 5.56 Å². The van der Waals surface area contributed by atoms with Gasteiger partial charge in [0.2, 0.25) is 0 Å². The summed E-state index contributed by atoms with van der Waals surface area (Å²) >= 11 is 0. The summed E-state index contributed by atoms with van der Waals surface area (Å²) in [5.74, 6) is 0.0218. The Kier molecular flexibility index (Phi) is 2.35. The van der Waals surface area contributed by atoms with Crippen LogP contribution in [0, 0.1) is 5.41 Å². The lowest BCUT2D eigenvalue weighted by atomic mass is 10.0. The summed E-state index contributed by atoms with van der Waals surface area (Å²) in [5.41, 5.74) is 3.29. The molecule has 0 radical (unpaired) electrons. The zero-order chi connectivity index (χ0) is 14.4. The van der Waals surface area contributed by atoms with E-state index in [1.54, 1.807) is 6.20 Å². The van der Waals surface area contributed by atoms with Gasteiger partial charge in [0, 0.05) is 21.9 Å². The molecule has 2 aromatic heterocycles. The first-order valence-electron chi connectivity index (χ1n) is 6.56. The number of hydrogen-bond acceptors (Lipinski definition) is 3. The van der Waals surface area contributed by atoms with E-state index >= 15 is 0 Å². The lowest BCUT2D eigenvalue weighted by Gasteiger charge is -2.04. The van der Waals surface area contributed by atoms with Gasteiger partial charge >= 0.3 is 0 Å². The van der Waals surface area contributed by atoms with Crippen molar-refractivity contribution in [2.45, 2.75) is 0 Å². The van der Waals surface area contributed by atoms with Gasteiger partial charge in [-0.1, -0.05) is 24.3 Å². The predicted octanol–water partition coefficient (Wildman–Crippen LogP) is 3.17. The fourth-order valence-corrected chi connectivity index (χ4v) is 2.62. The van der Waals surface area contributed by atoms with Crippen LogP contribution in [0.4, 0.5) is 0 Å². The molecule has 0 amide bonds. The standard InChI is InChI=1S/C16H12N4O/c17-15(9-5-6-12-10(7-9)8-18-20-12)14-11-3-1-2-4-13(11)19-16(14)21/h1-8,17,19,21H,(H,18,20). The SMILES string of the molecule is N=C(c1ccc2[nH]ncc2c1)c1c(O)[nH]c2ccccc12. The summed E-state index contributed by atoms with van der Waals surface area (Å²) in [7, 11) is 0. The number of fused-ring (bicyclic) bond motifs is 2. The highest BCUT2D eigenvalue weighted by atomic mass is 16.3. The van der Waals surface area contributed by atoms with Gasteiger partial charge in [-0.15, -0.1) is 0 Å². The fourth-order valence-electron chi connectivity index (χ4n) is 2.62. The van der Waals surface area contributed by atoms with Gasteiger partial charge in [-0.05, 0) is 18.2 Å². The molecule has 5 heteroatoms. The van der Waals surface area contributed by atoms with Crippen molar-refractivity contribution in [1.82, 2.24) is 15.2 Å². The Labute approximate surface area is 119 Å². The van der Waals surface area contributed by atoms with Crippen LogP contribution >= 0.6 is 0 Å². The number of aromatic hydroxyl groups is 1. The predicted molar refractivity (Wildman–Crippen MR) is 82.0 cm³/mol. The third-order valence-electron chi connectivity index (χ3n) is 3.67. The largest absolute Gasteiger partial charge is 0.494 e. The quantitative estimate of drug-likeness (QED) is 0.424. The second kappa shape index (κ2) is 4.21. The van der Waals surface area contributed by atoms with Crippen molar-refractivity contribution >= 4 is 27.5 Å². The molecule has 21 heavy (non-hydrogen) atoms. The number of nitrogens with one attached hydrogen (secondary N) is 3. The number of hydrogen-bond donors (Lipinski definition) is 4. The summed E-state index contributed by atoms with van der Waals surface area (Å²) in [6.07, 6.45) is 1.72. The molecule has 0 saturated carbocycles. The van der Waals surface area contributed by atoms with Crippen LogP contribution in [-0.2, 0) is 0 Å². The molecule has 0 unspecified atom stereocenters. The van der Waals surface area contributed by atoms with Gasteiger partial charge in [0.25, 0.3) is 0 Å². The van der Waals surface area contributed by atoms with Crippen LogP contribution in [0.15, 0.2) is 48.7 Å². The van der Waals surface area contributed by atoms with E-state index in [0.717, 1.165) is 27.4 Å². The Hall–Kier alpha value is -3.08. The Morgan fingerprint density at radius 2 is 1.95 bits per heavy atom. The second-order valence-corrected chi connectivity index (χ2v) is 4.94. The van der Waals surface area contributed by atoms with Crippen LogP contribution in [0.5, 0.6) is 5.88 Å². The first-order chi connectivity index (χ1) is 10.2. The molecule has 0 fully saturated rings. The first kappa shape index (κ1) is 11.7. The third-order valence-corrected chi connectivity index (χ3v) is 3.67. The van der Waals surface area contributed by atoms with Gasteiger partial charge < -0.3 is 10.1 Å². The van der Waals surface area contributed by atoms with Crippen LogP contribution in [-0.4, -0.2) is 26.0 Å². The van der Waals surface area contributed by atoms with E-state index in [1.165, 1.54) is 0 Å². The van der Waals surface area contributed by atoms with Crippen molar-refractivity contribution in [2.24, 2.45) is 0 Å². The lowest BCUT2D eigenvalue weighted by molar-refractivity contribution is 0.457. The van der Waals surface area contributed by atoms with Crippen molar-refractivity contribution in [1.29, 1.82) is 5.41 Å². The minimum absolute atomic E-state index is 0.0218. The molecular weight excluding hydrogens is 264 g/mol. The van der Waals surface area contributed by atoms with Gasteiger partial charge in [0.1, 0.15) is 0 Å². The Morgan fingerprint density at radius 3 is 2.86 bits per heavy atom. The smallest absolute Gasteiger partial charge is 0.199 e. The summed E-state index contributed by atoms with van der Waals surface area (Å²) in [6, 6.07) is 13.2. The Bertz CT molecular complexity index is 980. The van der Waals surface area contributed by atoms with E-state index in [4.69, 9.17) is 5.41 Å². The highest BCUT2D eigenvalue weighted by molar-refractivity contribution is 6.20.